The molecular formula is C7H8Na2O3. The summed E-state index contributed by atoms with van der Waals surface area (Å²) in [6.45, 7) is 0. The van der Waals surface area contributed by atoms with Gasteiger partial charge in [0.1, 0.15) is 5.75 Å². The van der Waals surface area contributed by atoms with Crippen molar-refractivity contribution in [2.24, 2.45) is 0 Å². The van der Waals surface area contributed by atoms with Crippen LogP contribution in [-0.4, -0.2) is 16.2 Å². The van der Waals surface area contributed by atoms with Gasteiger partial charge in [-0.15, -0.1) is 0 Å². The first kappa shape index (κ1) is 15.0. The summed E-state index contributed by atoms with van der Waals surface area (Å²) in [5.74, 6) is -0.912. The molecule has 0 spiro atoms. The standard InChI is InChI=1S/C7H6O3.2Na.2H/c8-6-3-1-5(2-4-6)7(9)10;;;;/h1-4,8H,(H,9,10);;;;/q;2*+1;2*-1. The second kappa shape index (κ2) is 6.95. The van der Waals surface area contributed by atoms with Gasteiger partial charge in [-0.3, -0.25) is 0 Å². The van der Waals surface area contributed by atoms with E-state index in [1.807, 2.05) is 0 Å². The molecule has 0 saturated heterocycles. The van der Waals surface area contributed by atoms with E-state index in [1.165, 1.54) is 24.3 Å². The summed E-state index contributed by atoms with van der Waals surface area (Å²) >= 11 is 0. The van der Waals surface area contributed by atoms with Crippen LogP contribution in [0.5, 0.6) is 5.75 Å². The van der Waals surface area contributed by atoms with Crippen LogP contribution in [0.25, 0.3) is 0 Å². The summed E-state index contributed by atoms with van der Waals surface area (Å²) in [6.07, 6.45) is 0. The zero-order valence-electron chi connectivity index (χ0n) is 9.11. The van der Waals surface area contributed by atoms with Crippen LogP contribution in [0.15, 0.2) is 24.3 Å². The molecule has 0 unspecified atom stereocenters. The maximum Gasteiger partial charge on any atom is 1.00 e. The Morgan fingerprint density at radius 2 is 1.58 bits per heavy atom. The van der Waals surface area contributed by atoms with Crippen LogP contribution in [0.3, 0.4) is 0 Å². The largest absolute Gasteiger partial charge is 1.00 e. The molecule has 0 saturated carbocycles. The number of benzene rings is 1. The molecule has 3 nitrogen and oxygen atoms in total. The van der Waals surface area contributed by atoms with E-state index in [1.54, 1.807) is 0 Å². The maximum atomic E-state index is 10.2. The molecule has 1 aromatic carbocycles. The Labute approximate surface area is 117 Å². The maximum absolute atomic E-state index is 10.2. The van der Waals surface area contributed by atoms with Gasteiger partial charge in [-0.1, -0.05) is 0 Å². The van der Waals surface area contributed by atoms with Crippen molar-refractivity contribution in [1.82, 2.24) is 0 Å². The zero-order chi connectivity index (χ0) is 7.56. The molecule has 0 amide bonds. The Hall–Kier alpha value is 0.490. The number of rotatable bonds is 1. The molecule has 12 heavy (non-hydrogen) atoms. The van der Waals surface area contributed by atoms with Crippen LogP contribution < -0.4 is 59.1 Å². The third-order valence-corrected chi connectivity index (χ3v) is 1.11. The second-order valence-corrected chi connectivity index (χ2v) is 1.85. The van der Waals surface area contributed by atoms with E-state index in [0.29, 0.717) is 0 Å². The van der Waals surface area contributed by atoms with Crippen LogP contribution in [-0.2, 0) is 0 Å². The smallest absolute Gasteiger partial charge is 1.00 e. The Kier molecular flexibility index (Phi) is 8.68. The summed E-state index contributed by atoms with van der Waals surface area (Å²) in [7, 11) is 0. The van der Waals surface area contributed by atoms with E-state index >= 15 is 0 Å². The van der Waals surface area contributed by atoms with Crippen molar-refractivity contribution in [2.45, 2.75) is 0 Å². The number of carboxylic acids is 1. The number of aromatic hydroxyl groups is 1. The topological polar surface area (TPSA) is 57.5 Å². The average molecular weight is 186 g/mol. The summed E-state index contributed by atoms with van der Waals surface area (Å²) in [5.41, 5.74) is 0.179. The molecule has 0 heterocycles. The third kappa shape index (κ3) is 4.50. The van der Waals surface area contributed by atoms with Crippen molar-refractivity contribution in [3.8, 4) is 5.75 Å². The molecule has 0 aliphatic heterocycles. The minimum atomic E-state index is -0.986. The fraction of sp³-hybridized carbons (Fsp3) is 0. The van der Waals surface area contributed by atoms with E-state index in [9.17, 15) is 4.79 Å². The first-order valence-electron chi connectivity index (χ1n) is 2.72. The molecule has 0 radical (unpaired) electrons. The summed E-state index contributed by atoms with van der Waals surface area (Å²) in [5, 5.41) is 17.1. The van der Waals surface area contributed by atoms with Crippen molar-refractivity contribution in [1.29, 1.82) is 0 Å². The Bertz CT molecular complexity index is 254. The van der Waals surface area contributed by atoms with Gasteiger partial charge in [0.25, 0.3) is 0 Å². The molecular weight excluding hydrogens is 178 g/mol. The SMILES string of the molecule is O=C(O)c1ccc(O)cc1.[H-].[H-].[Na+].[Na+]. The van der Waals surface area contributed by atoms with E-state index < -0.39 is 5.97 Å². The van der Waals surface area contributed by atoms with Crippen molar-refractivity contribution < 1.29 is 77.0 Å². The number of aromatic carboxylic acids is 1. The molecule has 2 N–H and O–H groups in total. The first-order chi connectivity index (χ1) is 4.70. The van der Waals surface area contributed by atoms with Gasteiger partial charge >= 0.3 is 65.1 Å². The van der Waals surface area contributed by atoms with Gasteiger partial charge in [0.05, 0.1) is 5.56 Å². The van der Waals surface area contributed by atoms with Crippen LogP contribution in [0.1, 0.15) is 13.2 Å². The van der Waals surface area contributed by atoms with E-state index in [0.717, 1.165) is 0 Å². The van der Waals surface area contributed by atoms with Crippen molar-refractivity contribution in [3.05, 3.63) is 29.8 Å². The van der Waals surface area contributed by atoms with Gasteiger partial charge in [-0.05, 0) is 24.3 Å². The third-order valence-electron chi connectivity index (χ3n) is 1.11. The van der Waals surface area contributed by atoms with Crippen molar-refractivity contribution >= 4 is 5.97 Å². The number of carbonyl (C=O) groups is 1. The molecule has 0 atom stereocenters. The molecule has 1 rings (SSSR count). The number of phenols is 1. The molecule has 0 bridgehead atoms. The summed E-state index contributed by atoms with van der Waals surface area (Å²) < 4.78 is 0. The van der Waals surface area contributed by atoms with Gasteiger partial charge in [0, 0.05) is 0 Å². The van der Waals surface area contributed by atoms with Gasteiger partial charge in [-0.25, -0.2) is 4.79 Å². The molecule has 1 aromatic rings. The number of phenolic OH excluding ortho intramolecular Hbond substituents is 1. The van der Waals surface area contributed by atoms with Crippen LogP contribution in [0.4, 0.5) is 0 Å². The number of carboxylic acid groups (broad SMARTS) is 1. The van der Waals surface area contributed by atoms with Gasteiger partial charge in [-0.2, -0.15) is 0 Å². The van der Waals surface area contributed by atoms with Crippen LogP contribution >= 0.6 is 0 Å². The molecule has 0 aliphatic rings. The van der Waals surface area contributed by atoms with Gasteiger partial charge in [0.2, 0.25) is 0 Å². The van der Waals surface area contributed by atoms with Crippen molar-refractivity contribution in [2.75, 3.05) is 0 Å². The number of hydrogen-bond acceptors (Lipinski definition) is 2. The van der Waals surface area contributed by atoms with Gasteiger partial charge < -0.3 is 13.1 Å². The first-order valence-corrected chi connectivity index (χ1v) is 2.72. The molecule has 0 aromatic heterocycles. The second-order valence-electron chi connectivity index (χ2n) is 1.85. The number of hydrogen-bond donors (Lipinski definition) is 2. The van der Waals surface area contributed by atoms with E-state index in [-0.39, 0.29) is 73.3 Å². The Morgan fingerprint density at radius 3 is 1.92 bits per heavy atom. The van der Waals surface area contributed by atoms with Crippen molar-refractivity contribution in [3.63, 3.8) is 0 Å². The van der Waals surface area contributed by atoms with E-state index in [2.05, 4.69) is 0 Å². The average Bonchev–Trinajstić information content (AvgIpc) is 1.88. The monoisotopic (exact) mass is 186 g/mol. The predicted molar refractivity (Wildman–Crippen MR) is 37.3 cm³/mol. The minimum absolute atomic E-state index is 0. The molecule has 0 aliphatic carbocycles. The molecule has 56 valence electrons. The fourth-order valence-electron chi connectivity index (χ4n) is 0.604. The molecule has 5 heteroatoms. The van der Waals surface area contributed by atoms with Crippen LogP contribution in [0.2, 0.25) is 0 Å². The fourth-order valence-corrected chi connectivity index (χ4v) is 0.604. The normalized spacial score (nSPS) is 7.67. The summed E-state index contributed by atoms with van der Waals surface area (Å²) in [4.78, 5) is 10.2. The summed E-state index contributed by atoms with van der Waals surface area (Å²) in [6, 6.07) is 5.36. The Morgan fingerprint density at radius 1 is 1.17 bits per heavy atom. The van der Waals surface area contributed by atoms with Crippen LogP contribution in [0, 0.1) is 0 Å². The minimum Gasteiger partial charge on any atom is -1.00 e. The zero-order valence-corrected chi connectivity index (χ0v) is 11.1. The predicted octanol–water partition coefficient (Wildman–Crippen LogP) is -4.68. The molecule has 0 fully saturated rings. The van der Waals surface area contributed by atoms with Gasteiger partial charge in [0.15, 0.2) is 0 Å². The van der Waals surface area contributed by atoms with E-state index in [4.69, 9.17) is 10.2 Å². The Balaban J connectivity index is -0.000000125. The quantitative estimate of drug-likeness (QED) is 0.433.